The van der Waals surface area contributed by atoms with Crippen molar-refractivity contribution in [2.24, 2.45) is 0 Å². The summed E-state index contributed by atoms with van der Waals surface area (Å²) in [4.78, 5) is 75.9. The molecule has 1 aliphatic carbocycles. The van der Waals surface area contributed by atoms with Crippen LogP contribution in [0.2, 0.25) is 0 Å². The van der Waals surface area contributed by atoms with Crippen molar-refractivity contribution in [1.29, 1.82) is 0 Å². The number of amides is 6. The SMILES string of the molecule is O=C1CCC(N2C(=O)c3cccc(NC(=O)CCCCCOCCOCCOCCOCCOCCOCCOCCNC(=O)OCC4c5ccccc5-c5ccccc54)c3C2=O)C(=O)N1. The van der Waals surface area contributed by atoms with Gasteiger partial charge in [-0.05, 0) is 53.6 Å². The Morgan fingerprint density at radius 2 is 1.12 bits per heavy atom. The number of imide groups is 2. The maximum atomic E-state index is 13.2. The van der Waals surface area contributed by atoms with Crippen molar-refractivity contribution < 1.29 is 66.7 Å². The lowest BCUT2D eigenvalue weighted by Crippen LogP contribution is -2.54. The standard InChI is InChI=1S/C48H60N4O14/c53-42(50-40-14-8-13-38-44(40)47(57)52(46(38)56)41-16-17-43(54)51-45(41)55)15-2-1-7-19-59-21-23-61-25-27-63-29-31-65-32-30-64-28-26-62-24-22-60-20-18-49-48(58)66-33-39-36-11-5-3-9-34(36)35-10-4-6-12-37(35)39/h3-6,8-14,39,41H,1-2,7,15-33H2,(H,49,58)(H,50,53)(H,51,54,55). The zero-order valence-electron chi connectivity index (χ0n) is 37.2. The molecule has 2 heterocycles. The van der Waals surface area contributed by atoms with Crippen molar-refractivity contribution in [2.45, 2.75) is 50.5 Å². The lowest BCUT2D eigenvalue weighted by molar-refractivity contribution is -0.136. The Bertz CT molecular complexity index is 2050. The van der Waals surface area contributed by atoms with Gasteiger partial charge in [0.15, 0.2) is 0 Å². The minimum atomic E-state index is -1.08. The highest BCUT2D eigenvalue weighted by Gasteiger charge is 2.45. The van der Waals surface area contributed by atoms with E-state index in [2.05, 4.69) is 40.2 Å². The van der Waals surface area contributed by atoms with E-state index in [0.717, 1.165) is 17.7 Å². The monoisotopic (exact) mass is 916 g/mol. The third kappa shape index (κ3) is 14.7. The Morgan fingerprint density at radius 3 is 1.70 bits per heavy atom. The van der Waals surface area contributed by atoms with E-state index in [1.165, 1.54) is 28.3 Å². The Hall–Kier alpha value is -5.60. The molecule has 1 fully saturated rings. The molecule has 6 rings (SSSR count). The summed E-state index contributed by atoms with van der Waals surface area (Å²) in [6.07, 6.45) is 1.95. The van der Waals surface area contributed by atoms with Crippen LogP contribution in [-0.4, -0.2) is 152 Å². The first kappa shape index (κ1) is 49.8. The van der Waals surface area contributed by atoms with Crippen molar-refractivity contribution >= 4 is 41.3 Å². The number of piperidine rings is 1. The van der Waals surface area contributed by atoms with Crippen LogP contribution in [0, 0.1) is 0 Å². The van der Waals surface area contributed by atoms with E-state index >= 15 is 0 Å². The molecule has 0 bridgehead atoms. The van der Waals surface area contributed by atoms with Crippen LogP contribution in [-0.2, 0) is 52.3 Å². The first-order valence-corrected chi connectivity index (χ1v) is 22.6. The highest BCUT2D eigenvalue weighted by atomic mass is 16.6. The largest absolute Gasteiger partial charge is 0.449 e. The molecule has 1 saturated heterocycles. The summed E-state index contributed by atoms with van der Waals surface area (Å²) >= 11 is 0. The van der Waals surface area contributed by atoms with Crippen LogP contribution < -0.4 is 16.0 Å². The molecule has 18 nitrogen and oxygen atoms in total. The summed E-state index contributed by atoms with van der Waals surface area (Å²) < 4.78 is 44.3. The van der Waals surface area contributed by atoms with Gasteiger partial charge >= 0.3 is 6.09 Å². The maximum Gasteiger partial charge on any atom is 0.407 e. The van der Waals surface area contributed by atoms with Gasteiger partial charge in [-0.3, -0.25) is 34.2 Å². The topological polar surface area (TPSA) is 216 Å². The van der Waals surface area contributed by atoms with Crippen molar-refractivity contribution in [3.63, 3.8) is 0 Å². The van der Waals surface area contributed by atoms with Gasteiger partial charge in [0, 0.05) is 31.9 Å². The van der Waals surface area contributed by atoms with Gasteiger partial charge in [-0.1, -0.05) is 61.0 Å². The third-order valence-electron chi connectivity index (χ3n) is 11.0. The van der Waals surface area contributed by atoms with E-state index in [-0.39, 0.29) is 54.5 Å². The molecule has 3 N–H and O–H groups in total. The number of carbonyl (C=O) groups is 6. The number of nitrogens with one attached hydrogen (secondary N) is 3. The van der Waals surface area contributed by atoms with Gasteiger partial charge < -0.3 is 48.5 Å². The Morgan fingerprint density at radius 1 is 0.591 bits per heavy atom. The van der Waals surface area contributed by atoms with E-state index in [1.54, 1.807) is 12.1 Å². The predicted octanol–water partition coefficient (Wildman–Crippen LogP) is 4.24. The molecule has 3 aromatic rings. The summed E-state index contributed by atoms with van der Waals surface area (Å²) in [6, 6.07) is 20.0. The number of hydrogen-bond acceptors (Lipinski definition) is 14. The molecule has 2 aliphatic heterocycles. The molecule has 18 heteroatoms. The van der Waals surface area contributed by atoms with Crippen LogP contribution in [0.25, 0.3) is 11.1 Å². The van der Waals surface area contributed by atoms with E-state index in [4.69, 9.17) is 37.9 Å². The van der Waals surface area contributed by atoms with Gasteiger partial charge in [0.2, 0.25) is 17.7 Å². The summed E-state index contributed by atoms with van der Waals surface area (Å²) in [6.45, 7) is 6.69. The molecule has 3 aliphatic rings. The highest BCUT2D eigenvalue weighted by Crippen LogP contribution is 2.44. The molecule has 3 aromatic carbocycles. The fraction of sp³-hybridized carbons (Fsp3) is 0.500. The molecule has 1 unspecified atom stereocenters. The predicted molar refractivity (Wildman–Crippen MR) is 239 cm³/mol. The minimum Gasteiger partial charge on any atom is -0.449 e. The summed E-state index contributed by atoms with van der Waals surface area (Å²) in [5.74, 6) is -2.71. The average Bonchev–Trinajstić information content (AvgIpc) is 3.77. The van der Waals surface area contributed by atoms with Crippen molar-refractivity contribution in [3.05, 3.63) is 89.0 Å². The Balaban J connectivity index is 0.648. The van der Waals surface area contributed by atoms with Gasteiger partial charge in [-0.2, -0.15) is 0 Å². The molecule has 0 aromatic heterocycles. The number of carbonyl (C=O) groups excluding carboxylic acids is 6. The maximum absolute atomic E-state index is 13.2. The van der Waals surface area contributed by atoms with Gasteiger partial charge in [0.25, 0.3) is 11.8 Å². The Kier molecular flexibility index (Phi) is 20.5. The van der Waals surface area contributed by atoms with Crippen LogP contribution in [0.4, 0.5) is 10.5 Å². The number of nitrogens with zero attached hydrogens (tertiary/aromatic N) is 1. The van der Waals surface area contributed by atoms with E-state index in [1.807, 2.05) is 24.3 Å². The highest BCUT2D eigenvalue weighted by molar-refractivity contribution is 6.26. The normalized spacial score (nSPS) is 15.4. The summed E-state index contributed by atoms with van der Waals surface area (Å²) in [7, 11) is 0. The molecule has 6 amide bonds. The zero-order valence-corrected chi connectivity index (χ0v) is 37.2. The molecule has 356 valence electrons. The second-order valence-electron chi connectivity index (χ2n) is 15.6. The van der Waals surface area contributed by atoms with Crippen LogP contribution >= 0.6 is 0 Å². The number of fused-ring (bicyclic) bond motifs is 4. The molecular weight excluding hydrogens is 857 g/mol. The minimum absolute atomic E-state index is 0.0202. The second-order valence-corrected chi connectivity index (χ2v) is 15.6. The van der Waals surface area contributed by atoms with Crippen molar-refractivity contribution in [2.75, 3.05) is 111 Å². The van der Waals surface area contributed by atoms with Gasteiger partial charge in [-0.15, -0.1) is 0 Å². The summed E-state index contributed by atoms with van der Waals surface area (Å²) in [5.41, 5.74) is 5.09. The quantitative estimate of drug-likeness (QED) is 0.0609. The zero-order chi connectivity index (χ0) is 46.4. The van der Waals surface area contributed by atoms with E-state index < -0.39 is 35.8 Å². The van der Waals surface area contributed by atoms with E-state index in [9.17, 15) is 28.8 Å². The van der Waals surface area contributed by atoms with E-state index in [0.29, 0.717) is 105 Å². The van der Waals surface area contributed by atoms with Crippen LogP contribution in [0.15, 0.2) is 66.7 Å². The first-order chi connectivity index (χ1) is 32.3. The molecule has 1 atom stereocenters. The first-order valence-electron chi connectivity index (χ1n) is 22.6. The van der Waals surface area contributed by atoms with Gasteiger partial charge in [0.05, 0.1) is 103 Å². The smallest absolute Gasteiger partial charge is 0.407 e. The number of alkyl carbamates (subject to hydrolysis) is 1. The van der Waals surface area contributed by atoms with Gasteiger partial charge in [-0.25, -0.2) is 4.79 Å². The Labute approximate surface area is 384 Å². The fourth-order valence-corrected chi connectivity index (χ4v) is 7.79. The molecule has 0 saturated carbocycles. The van der Waals surface area contributed by atoms with Crippen LogP contribution in [0.5, 0.6) is 0 Å². The van der Waals surface area contributed by atoms with Crippen molar-refractivity contribution in [1.82, 2.24) is 15.5 Å². The number of rotatable bonds is 31. The van der Waals surface area contributed by atoms with Crippen LogP contribution in [0.1, 0.15) is 76.3 Å². The molecule has 66 heavy (non-hydrogen) atoms. The molecular formula is C48H60N4O14. The second kappa shape index (κ2) is 27.1. The third-order valence-corrected chi connectivity index (χ3v) is 11.0. The fourth-order valence-electron chi connectivity index (χ4n) is 7.79. The number of unbranched alkanes of at least 4 members (excludes halogenated alkanes) is 2. The number of anilines is 1. The lowest BCUT2D eigenvalue weighted by Gasteiger charge is -2.27. The van der Waals surface area contributed by atoms with Crippen molar-refractivity contribution in [3.8, 4) is 11.1 Å². The van der Waals surface area contributed by atoms with Crippen LogP contribution in [0.3, 0.4) is 0 Å². The number of benzene rings is 3. The average molecular weight is 917 g/mol. The number of ether oxygens (including phenoxy) is 8. The molecule has 0 spiro atoms. The molecule has 0 radical (unpaired) electrons. The van der Waals surface area contributed by atoms with Gasteiger partial charge in [0.1, 0.15) is 12.6 Å². The summed E-state index contributed by atoms with van der Waals surface area (Å²) in [5, 5.41) is 7.64. The number of hydrogen-bond donors (Lipinski definition) is 3. The lowest BCUT2D eigenvalue weighted by atomic mass is 9.98.